The topological polar surface area (TPSA) is 79.8 Å². The van der Waals surface area contributed by atoms with E-state index in [9.17, 15) is 14.0 Å². The van der Waals surface area contributed by atoms with Crippen LogP contribution in [0.4, 0.5) is 4.39 Å². The van der Waals surface area contributed by atoms with Gasteiger partial charge in [-0.2, -0.15) is 5.10 Å². The average Bonchev–Trinajstić information content (AvgIpc) is 2.89. The largest absolute Gasteiger partial charge is 0.488 e. The lowest BCUT2D eigenvalue weighted by atomic mass is 10.0. The Labute approximate surface area is 216 Å². The Balaban J connectivity index is 1.38. The lowest BCUT2D eigenvalue weighted by molar-refractivity contribution is -0.120. The zero-order valence-corrected chi connectivity index (χ0v) is 20.8. The maximum absolute atomic E-state index is 13.7. The van der Waals surface area contributed by atoms with Gasteiger partial charge in [0.1, 0.15) is 18.2 Å². The van der Waals surface area contributed by atoms with E-state index in [1.807, 2.05) is 60.7 Å². The summed E-state index contributed by atoms with van der Waals surface area (Å²) in [5, 5.41) is 8.58. The number of ether oxygens (including phenoxy) is 1. The van der Waals surface area contributed by atoms with Crippen LogP contribution < -0.4 is 15.5 Å². The molecular weight excluding hydrogens is 525 g/mol. The van der Waals surface area contributed by atoms with Gasteiger partial charge in [0.15, 0.2) is 0 Å². The first-order valence-corrected chi connectivity index (χ1v) is 12.0. The van der Waals surface area contributed by atoms with Gasteiger partial charge in [0.25, 0.3) is 5.91 Å². The number of rotatable bonds is 9. The monoisotopic (exact) mass is 547 g/mol. The van der Waals surface area contributed by atoms with Crippen LogP contribution in [0.3, 0.4) is 0 Å². The molecule has 0 aromatic heterocycles. The van der Waals surface area contributed by atoms with Crippen LogP contribution in [-0.4, -0.2) is 24.6 Å². The van der Waals surface area contributed by atoms with Crippen LogP contribution in [0.2, 0.25) is 0 Å². The van der Waals surface area contributed by atoms with Crippen molar-refractivity contribution in [2.75, 3.05) is 6.54 Å². The van der Waals surface area contributed by atoms with Gasteiger partial charge in [0, 0.05) is 23.0 Å². The molecule has 182 valence electrons. The van der Waals surface area contributed by atoms with E-state index < -0.39 is 17.6 Å². The van der Waals surface area contributed by atoms with Crippen LogP contribution in [0.5, 0.6) is 5.75 Å². The zero-order valence-electron chi connectivity index (χ0n) is 19.2. The fourth-order valence-corrected chi connectivity index (χ4v) is 3.80. The number of fused-ring (bicyclic) bond motifs is 1. The Morgan fingerprint density at radius 2 is 1.69 bits per heavy atom. The minimum Gasteiger partial charge on any atom is -0.488 e. The van der Waals surface area contributed by atoms with Gasteiger partial charge >= 0.3 is 0 Å². The summed E-state index contributed by atoms with van der Waals surface area (Å²) in [7, 11) is 0. The molecule has 0 aliphatic heterocycles. The number of hydrogen-bond acceptors (Lipinski definition) is 4. The van der Waals surface area contributed by atoms with Crippen LogP contribution in [0.1, 0.15) is 27.9 Å². The summed E-state index contributed by atoms with van der Waals surface area (Å²) in [6.45, 7) is 0.421. The summed E-state index contributed by atoms with van der Waals surface area (Å²) in [5.41, 5.74) is 4.15. The molecule has 0 saturated carbocycles. The summed E-state index contributed by atoms with van der Waals surface area (Å²) < 4.78 is 20.8. The molecular formula is C28H23BrFN3O3. The second-order valence-electron chi connectivity index (χ2n) is 7.89. The fourth-order valence-electron chi connectivity index (χ4n) is 3.53. The van der Waals surface area contributed by atoms with E-state index in [1.54, 1.807) is 12.3 Å². The molecule has 0 unspecified atom stereocenters. The van der Waals surface area contributed by atoms with Gasteiger partial charge in [0.2, 0.25) is 5.91 Å². The molecule has 0 heterocycles. The molecule has 0 atom stereocenters. The Morgan fingerprint density at radius 3 is 2.50 bits per heavy atom. The minimum atomic E-state index is -0.614. The van der Waals surface area contributed by atoms with E-state index in [4.69, 9.17) is 4.74 Å². The van der Waals surface area contributed by atoms with Gasteiger partial charge in [-0.1, -0.05) is 70.5 Å². The molecule has 8 heteroatoms. The first-order valence-electron chi connectivity index (χ1n) is 11.2. The van der Waals surface area contributed by atoms with Crippen molar-refractivity contribution in [1.29, 1.82) is 0 Å². The van der Waals surface area contributed by atoms with Crippen molar-refractivity contribution >= 4 is 44.7 Å². The van der Waals surface area contributed by atoms with Crippen LogP contribution in [-0.2, 0) is 11.4 Å². The predicted molar refractivity (Wildman–Crippen MR) is 142 cm³/mol. The molecule has 0 aliphatic rings. The second kappa shape index (κ2) is 12.1. The first-order chi connectivity index (χ1) is 17.5. The number of hydrogen-bond donors (Lipinski definition) is 2. The van der Waals surface area contributed by atoms with E-state index in [0.29, 0.717) is 12.4 Å². The highest BCUT2D eigenvalue weighted by atomic mass is 79.9. The molecule has 4 aromatic rings. The number of hydrazone groups is 1. The average molecular weight is 548 g/mol. The predicted octanol–water partition coefficient (Wildman–Crippen LogP) is 5.59. The summed E-state index contributed by atoms with van der Waals surface area (Å²) in [5.74, 6) is -0.950. The number of nitrogens with zero attached hydrogens (tertiary/aromatic N) is 1. The van der Waals surface area contributed by atoms with Crippen LogP contribution in [0, 0.1) is 5.82 Å². The number of nitrogens with one attached hydrogen (secondary N) is 2. The molecule has 4 aromatic carbocycles. The molecule has 0 radical (unpaired) electrons. The van der Waals surface area contributed by atoms with Gasteiger partial charge in [0.05, 0.1) is 11.8 Å². The Morgan fingerprint density at radius 1 is 0.944 bits per heavy atom. The van der Waals surface area contributed by atoms with Gasteiger partial charge in [-0.3, -0.25) is 9.59 Å². The zero-order chi connectivity index (χ0) is 25.3. The molecule has 2 amide bonds. The SMILES string of the molecule is O=C(CCNC(=O)c1ccccc1F)NN=Cc1c(OCc2ccc(Br)cc2)ccc2ccccc12. The molecule has 0 spiro atoms. The Kier molecular flexibility index (Phi) is 8.41. The standard InChI is InChI=1S/C28H23BrFN3O3/c29-21-12-9-19(10-13-21)18-36-26-14-11-20-5-1-2-6-22(20)24(26)17-32-33-27(34)15-16-31-28(35)23-7-3-4-8-25(23)30/h1-14,17H,15-16,18H2,(H,31,35)(H,33,34). The molecule has 0 bridgehead atoms. The van der Waals surface area contributed by atoms with Gasteiger partial charge in [-0.05, 0) is 46.7 Å². The summed E-state index contributed by atoms with van der Waals surface area (Å²) in [4.78, 5) is 24.3. The Bertz CT molecular complexity index is 1410. The van der Waals surface area contributed by atoms with Crippen molar-refractivity contribution in [1.82, 2.24) is 10.7 Å². The summed E-state index contributed by atoms with van der Waals surface area (Å²) >= 11 is 3.43. The van der Waals surface area contributed by atoms with E-state index in [-0.39, 0.29) is 18.5 Å². The summed E-state index contributed by atoms with van der Waals surface area (Å²) in [6.07, 6.45) is 1.54. The van der Waals surface area contributed by atoms with Gasteiger partial charge in [-0.15, -0.1) is 0 Å². The molecule has 36 heavy (non-hydrogen) atoms. The molecule has 0 saturated heterocycles. The Hall–Kier alpha value is -4.04. The third kappa shape index (κ3) is 6.55. The van der Waals surface area contributed by atoms with Crippen LogP contribution in [0.25, 0.3) is 10.8 Å². The maximum atomic E-state index is 13.7. The van der Waals surface area contributed by atoms with Crippen molar-refractivity contribution in [2.24, 2.45) is 5.10 Å². The minimum absolute atomic E-state index is 0.0139. The van der Waals surface area contributed by atoms with E-state index in [1.165, 1.54) is 18.2 Å². The maximum Gasteiger partial charge on any atom is 0.254 e. The highest BCUT2D eigenvalue weighted by molar-refractivity contribution is 9.10. The first kappa shape index (κ1) is 25.1. The molecule has 6 nitrogen and oxygen atoms in total. The summed E-state index contributed by atoms with van der Waals surface area (Å²) in [6, 6.07) is 25.2. The highest BCUT2D eigenvalue weighted by Crippen LogP contribution is 2.27. The third-order valence-corrected chi connectivity index (χ3v) is 5.91. The number of amides is 2. The molecule has 0 aliphatic carbocycles. The highest BCUT2D eigenvalue weighted by Gasteiger charge is 2.11. The van der Waals surface area contributed by atoms with Crippen molar-refractivity contribution < 1.29 is 18.7 Å². The van der Waals surface area contributed by atoms with E-state index in [2.05, 4.69) is 31.8 Å². The number of benzene rings is 4. The van der Waals surface area contributed by atoms with Crippen LogP contribution in [0.15, 0.2) is 94.5 Å². The quantitative estimate of drug-likeness (QED) is 0.212. The van der Waals surface area contributed by atoms with E-state index >= 15 is 0 Å². The number of halogens is 2. The lowest BCUT2D eigenvalue weighted by Crippen LogP contribution is -2.29. The number of carbonyl (C=O) groups excluding carboxylic acids is 2. The lowest BCUT2D eigenvalue weighted by Gasteiger charge is -2.12. The molecule has 4 rings (SSSR count). The van der Waals surface area contributed by atoms with E-state index in [0.717, 1.165) is 26.4 Å². The third-order valence-electron chi connectivity index (χ3n) is 5.38. The molecule has 2 N–H and O–H groups in total. The fraction of sp³-hybridized carbons (Fsp3) is 0.107. The van der Waals surface area contributed by atoms with Crippen molar-refractivity contribution in [3.05, 3.63) is 112 Å². The van der Waals surface area contributed by atoms with Gasteiger partial charge in [-0.25, -0.2) is 9.82 Å². The normalized spacial score (nSPS) is 10.9. The van der Waals surface area contributed by atoms with Crippen LogP contribution >= 0.6 is 15.9 Å². The number of carbonyl (C=O) groups is 2. The van der Waals surface area contributed by atoms with Crippen molar-refractivity contribution in [3.8, 4) is 5.75 Å². The van der Waals surface area contributed by atoms with Crippen molar-refractivity contribution in [3.63, 3.8) is 0 Å². The van der Waals surface area contributed by atoms with Crippen molar-refractivity contribution in [2.45, 2.75) is 13.0 Å². The van der Waals surface area contributed by atoms with Gasteiger partial charge < -0.3 is 10.1 Å². The second-order valence-corrected chi connectivity index (χ2v) is 8.81. The molecule has 0 fully saturated rings. The smallest absolute Gasteiger partial charge is 0.254 e.